The standard InChI is InChI=1S/C24H28N2O6/c1-15(22(28)26-13-21(27)23(29)30)7-6-12-25-24(31)32-14-20-18-10-4-2-8-16(18)17-9-3-5-11-19(17)20/h2-5,8-11,15,20-21,27H,6-7,12-14H2,1H3,(H,25,31)(H,26,28)(H,29,30)/t15?,21-/m0/s1. The first-order chi connectivity index (χ1) is 15.4. The molecule has 0 aliphatic heterocycles. The molecule has 1 aliphatic carbocycles. The van der Waals surface area contributed by atoms with E-state index in [1.165, 1.54) is 11.1 Å². The summed E-state index contributed by atoms with van der Waals surface area (Å²) in [6.07, 6.45) is -1.08. The Balaban J connectivity index is 1.39. The molecular weight excluding hydrogens is 412 g/mol. The molecule has 8 heteroatoms. The summed E-state index contributed by atoms with van der Waals surface area (Å²) >= 11 is 0. The van der Waals surface area contributed by atoms with Gasteiger partial charge in [0.05, 0.1) is 6.54 Å². The summed E-state index contributed by atoms with van der Waals surface area (Å²) in [5.74, 6) is -2.10. The van der Waals surface area contributed by atoms with Crippen molar-refractivity contribution in [1.29, 1.82) is 0 Å². The number of ether oxygens (including phenoxy) is 1. The van der Waals surface area contributed by atoms with Crippen LogP contribution in [0.3, 0.4) is 0 Å². The van der Waals surface area contributed by atoms with Crippen molar-refractivity contribution in [1.82, 2.24) is 10.6 Å². The molecule has 0 aromatic heterocycles. The molecular formula is C24H28N2O6. The number of rotatable bonds is 10. The second kappa shape index (κ2) is 10.8. The van der Waals surface area contributed by atoms with E-state index in [0.717, 1.165) is 11.1 Å². The van der Waals surface area contributed by atoms with Crippen LogP contribution in [-0.4, -0.2) is 54.0 Å². The number of hydrogen-bond acceptors (Lipinski definition) is 5. The smallest absolute Gasteiger partial charge is 0.407 e. The minimum absolute atomic E-state index is 0.00183. The van der Waals surface area contributed by atoms with Crippen molar-refractivity contribution < 1.29 is 29.3 Å². The number of carboxylic acids is 1. The first-order valence-electron chi connectivity index (χ1n) is 10.7. The molecule has 0 saturated heterocycles. The molecule has 8 nitrogen and oxygen atoms in total. The van der Waals surface area contributed by atoms with Crippen LogP contribution in [0.25, 0.3) is 11.1 Å². The third kappa shape index (κ3) is 5.64. The van der Waals surface area contributed by atoms with E-state index in [1.54, 1.807) is 6.92 Å². The van der Waals surface area contributed by atoms with Gasteiger partial charge in [-0.05, 0) is 35.1 Å². The van der Waals surface area contributed by atoms with Crippen LogP contribution in [0, 0.1) is 5.92 Å². The Bertz CT molecular complexity index is 931. The molecule has 0 heterocycles. The fraction of sp³-hybridized carbons (Fsp3) is 0.375. The lowest BCUT2D eigenvalue weighted by Crippen LogP contribution is -2.39. The highest BCUT2D eigenvalue weighted by atomic mass is 16.5. The zero-order chi connectivity index (χ0) is 23.1. The number of carbonyl (C=O) groups is 3. The van der Waals surface area contributed by atoms with Gasteiger partial charge in [-0.25, -0.2) is 9.59 Å². The average molecular weight is 440 g/mol. The normalized spacial score (nSPS) is 14.1. The fourth-order valence-corrected chi connectivity index (χ4v) is 3.84. The number of aliphatic hydroxyl groups excluding tert-OH is 1. The molecule has 2 aromatic rings. The van der Waals surface area contributed by atoms with Gasteiger partial charge in [0.15, 0.2) is 6.10 Å². The zero-order valence-corrected chi connectivity index (χ0v) is 17.9. The maximum atomic E-state index is 12.1. The molecule has 0 bridgehead atoms. The topological polar surface area (TPSA) is 125 Å². The quantitative estimate of drug-likeness (QED) is 0.421. The number of benzene rings is 2. The SMILES string of the molecule is CC(CCCNC(=O)OCC1c2ccccc2-c2ccccc21)C(=O)NC[C@H](O)C(=O)O. The number of aliphatic hydroxyl groups is 1. The molecule has 2 aromatic carbocycles. The second-order valence-electron chi connectivity index (χ2n) is 7.89. The lowest BCUT2D eigenvalue weighted by molar-refractivity contribution is -0.146. The van der Waals surface area contributed by atoms with Crippen LogP contribution in [0.4, 0.5) is 4.79 Å². The van der Waals surface area contributed by atoms with E-state index in [4.69, 9.17) is 9.84 Å². The largest absolute Gasteiger partial charge is 0.479 e. The van der Waals surface area contributed by atoms with Crippen molar-refractivity contribution in [2.75, 3.05) is 19.7 Å². The van der Waals surface area contributed by atoms with Crippen molar-refractivity contribution in [2.24, 2.45) is 5.92 Å². The fourth-order valence-electron chi connectivity index (χ4n) is 3.84. The summed E-state index contributed by atoms with van der Waals surface area (Å²) in [5.41, 5.74) is 4.63. The molecule has 0 saturated carbocycles. The number of amides is 2. The number of carboxylic acid groups (broad SMARTS) is 1. The van der Waals surface area contributed by atoms with E-state index in [2.05, 4.69) is 34.9 Å². The van der Waals surface area contributed by atoms with Gasteiger partial charge < -0.3 is 25.6 Å². The summed E-state index contributed by atoms with van der Waals surface area (Å²) in [7, 11) is 0. The summed E-state index contributed by atoms with van der Waals surface area (Å²) in [5, 5.41) is 22.9. The Hall–Kier alpha value is -3.39. The predicted octanol–water partition coefficient (Wildman–Crippen LogP) is 2.50. The molecule has 1 unspecified atom stereocenters. The maximum Gasteiger partial charge on any atom is 0.407 e. The van der Waals surface area contributed by atoms with E-state index < -0.39 is 18.2 Å². The number of alkyl carbamates (subject to hydrolysis) is 1. The molecule has 2 amide bonds. The van der Waals surface area contributed by atoms with E-state index in [0.29, 0.717) is 19.4 Å². The molecule has 0 spiro atoms. The summed E-state index contributed by atoms with van der Waals surface area (Å²) in [6, 6.07) is 16.2. The number of aliphatic carboxylic acids is 1. The monoisotopic (exact) mass is 440 g/mol. The highest BCUT2D eigenvalue weighted by Gasteiger charge is 2.29. The molecule has 1 aliphatic rings. The Morgan fingerprint density at radius 1 is 1.00 bits per heavy atom. The third-order valence-corrected chi connectivity index (χ3v) is 5.63. The summed E-state index contributed by atoms with van der Waals surface area (Å²) in [4.78, 5) is 34.6. The highest BCUT2D eigenvalue weighted by molar-refractivity contribution is 5.80. The molecule has 4 N–H and O–H groups in total. The van der Waals surface area contributed by atoms with Crippen LogP contribution in [0.1, 0.15) is 36.8 Å². The Morgan fingerprint density at radius 3 is 2.19 bits per heavy atom. The van der Waals surface area contributed by atoms with Gasteiger partial charge in [-0.3, -0.25) is 4.79 Å². The lowest BCUT2D eigenvalue weighted by Gasteiger charge is -2.15. The number of fused-ring (bicyclic) bond motifs is 3. The lowest BCUT2D eigenvalue weighted by atomic mass is 9.98. The van der Waals surface area contributed by atoms with E-state index >= 15 is 0 Å². The molecule has 0 fully saturated rings. The minimum Gasteiger partial charge on any atom is -0.479 e. The molecule has 0 radical (unpaired) electrons. The van der Waals surface area contributed by atoms with Gasteiger partial charge in [-0.1, -0.05) is 55.5 Å². The van der Waals surface area contributed by atoms with Gasteiger partial charge in [0.2, 0.25) is 5.91 Å². The van der Waals surface area contributed by atoms with Gasteiger partial charge in [0.1, 0.15) is 6.61 Å². The highest BCUT2D eigenvalue weighted by Crippen LogP contribution is 2.44. The molecule has 170 valence electrons. The molecule has 3 rings (SSSR count). The van der Waals surface area contributed by atoms with Crippen molar-refractivity contribution in [3.8, 4) is 11.1 Å². The average Bonchev–Trinajstić information content (AvgIpc) is 3.12. The first kappa shape index (κ1) is 23.3. The van der Waals surface area contributed by atoms with Crippen molar-refractivity contribution >= 4 is 18.0 Å². The van der Waals surface area contributed by atoms with Gasteiger partial charge in [-0.2, -0.15) is 0 Å². The van der Waals surface area contributed by atoms with Gasteiger partial charge in [-0.15, -0.1) is 0 Å². The maximum absolute atomic E-state index is 12.1. The van der Waals surface area contributed by atoms with Crippen LogP contribution in [0.5, 0.6) is 0 Å². The second-order valence-corrected chi connectivity index (χ2v) is 7.89. The van der Waals surface area contributed by atoms with Crippen molar-refractivity contribution in [3.63, 3.8) is 0 Å². The first-order valence-corrected chi connectivity index (χ1v) is 10.7. The van der Waals surface area contributed by atoms with E-state index in [9.17, 15) is 19.5 Å². The summed E-state index contributed by atoms with van der Waals surface area (Å²) in [6.45, 7) is 1.96. The van der Waals surface area contributed by atoms with Crippen LogP contribution in [0.2, 0.25) is 0 Å². The Morgan fingerprint density at radius 2 is 1.59 bits per heavy atom. The van der Waals surface area contributed by atoms with Crippen LogP contribution in [0.15, 0.2) is 48.5 Å². The Kier molecular flexibility index (Phi) is 7.83. The molecule has 32 heavy (non-hydrogen) atoms. The number of nitrogens with one attached hydrogen (secondary N) is 2. The zero-order valence-electron chi connectivity index (χ0n) is 17.9. The Labute approximate surface area is 186 Å². The summed E-state index contributed by atoms with van der Waals surface area (Å²) < 4.78 is 5.47. The van der Waals surface area contributed by atoms with Crippen LogP contribution in [-0.2, 0) is 14.3 Å². The minimum atomic E-state index is -1.62. The van der Waals surface area contributed by atoms with Crippen LogP contribution >= 0.6 is 0 Å². The van der Waals surface area contributed by atoms with Gasteiger partial charge in [0, 0.05) is 18.4 Å². The number of carbonyl (C=O) groups excluding carboxylic acids is 2. The van der Waals surface area contributed by atoms with Gasteiger partial charge in [0.25, 0.3) is 0 Å². The molecule has 2 atom stereocenters. The third-order valence-electron chi connectivity index (χ3n) is 5.63. The van der Waals surface area contributed by atoms with Crippen molar-refractivity contribution in [3.05, 3.63) is 59.7 Å². The van der Waals surface area contributed by atoms with E-state index in [-0.39, 0.29) is 30.9 Å². The van der Waals surface area contributed by atoms with Crippen LogP contribution < -0.4 is 10.6 Å². The number of hydrogen-bond donors (Lipinski definition) is 4. The predicted molar refractivity (Wildman–Crippen MR) is 118 cm³/mol. The van der Waals surface area contributed by atoms with Gasteiger partial charge >= 0.3 is 12.1 Å². The van der Waals surface area contributed by atoms with E-state index in [1.807, 2.05) is 24.3 Å². The van der Waals surface area contributed by atoms with Crippen molar-refractivity contribution in [2.45, 2.75) is 31.8 Å².